The highest BCUT2D eigenvalue weighted by atomic mass is 16.5. The first-order valence-electron chi connectivity index (χ1n) is 8.61. The molecular formula is C21H20N2O5. The van der Waals surface area contributed by atoms with Crippen molar-refractivity contribution in [2.24, 2.45) is 7.05 Å². The normalized spacial score (nSPS) is 10.7. The van der Waals surface area contributed by atoms with Crippen LogP contribution in [0, 0.1) is 0 Å². The zero-order valence-electron chi connectivity index (χ0n) is 15.8. The van der Waals surface area contributed by atoms with E-state index in [1.165, 1.54) is 18.5 Å². The Labute approximate surface area is 161 Å². The molecule has 2 aromatic carbocycles. The zero-order chi connectivity index (χ0) is 20.4. The number of aromatic hydroxyl groups is 1. The van der Waals surface area contributed by atoms with E-state index in [1.54, 1.807) is 25.3 Å². The van der Waals surface area contributed by atoms with E-state index in [0.29, 0.717) is 16.7 Å². The van der Waals surface area contributed by atoms with Crippen molar-refractivity contribution in [1.82, 2.24) is 9.88 Å². The quantitative estimate of drug-likeness (QED) is 0.707. The van der Waals surface area contributed by atoms with Gasteiger partial charge in [0.1, 0.15) is 22.8 Å². The summed E-state index contributed by atoms with van der Waals surface area (Å²) < 4.78 is 6.55. The first-order valence-corrected chi connectivity index (χ1v) is 8.61. The van der Waals surface area contributed by atoms with Gasteiger partial charge in [0, 0.05) is 12.4 Å². The van der Waals surface area contributed by atoms with Gasteiger partial charge in [-0.05, 0) is 42.3 Å². The van der Waals surface area contributed by atoms with Crippen LogP contribution in [-0.4, -0.2) is 35.0 Å². The number of ether oxygens (including phenoxy) is 1. The van der Waals surface area contributed by atoms with E-state index in [1.807, 2.05) is 24.3 Å². The van der Waals surface area contributed by atoms with Crippen LogP contribution in [0.15, 0.2) is 47.3 Å². The van der Waals surface area contributed by atoms with Crippen LogP contribution in [0.2, 0.25) is 0 Å². The van der Waals surface area contributed by atoms with Gasteiger partial charge in [-0.15, -0.1) is 0 Å². The van der Waals surface area contributed by atoms with Gasteiger partial charge in [-0.1, -0.05) is 18.2 Å². The molecule has 0 aliphatic carbocycles. The van der Waals surface area contributed by atoms with Crippen molar-refractivity contribution < 1.29 is 19.4 Å². The Morgan fingerprint density at radius 3 is 2.54 bits per heavy atom. The molecule has 144 valence electrons. The molecule has 0 radical (unpaired) electrons. The highest BCUT2D eigenvalue weighted by molar-refractivity contribution is 6.03. The molecule has 2 N–H and O–H groups in total. The number of Topliss-reactive ketones (excluding diaryl/α,β-unsaturated/α-hetero) is 1. The molecule has 0 spiro atoms. The minimum Gasteiger partial charge on any atom is -0.506 e. The number of pyridine rings is 1. The lowest BCUT2D eigenvalue weighted by Gasteiger charge is -2.13. The highest BCUT2D eigenvalue weighted by Crippen LogP contribution is 2.31. The van der Waals surface area contributed by atoms with E-state index in [0.717, 1.165) is 11.1 Å². The van der Waals surface area contributed by atoms with Crippen LogP contribution in [0.5, 0.6) is 11.5 Å². The van der Waals surface area contributed by atoms with Crippen molar-refractivity contribution in [2.45, 2.75) is 6.92 Å². The second kappa shape index (κ2) is 7.56. The first kappa shape index (κ1) is 19.2. The summed E-state index contributed by atoms with van der Waals surface area (Å²) >= 11 is 0. The SMILES string of the molecule is COc1cccc(-c2ccc3c(O)c(C(=O)NCC(C)=O)c(=O)n(C)c3c2)c1. The van der Waals surface area contributed by atoms with E-state index in [-0.39, 0.29) is 17.9 Å². The number of fused-ring (bicyclic) bond motifs is 1. The number of nitrogens with one attached hydrogen (secondary N) is 1. The van der Waals surface area contributed by atoms with E-state index < -0.39 is 17.2 Å². The summed E-state index contributed by atoms with van der Waals surface area (Å²) in [6, 6.07) is 12.7. The molecule has 0 aliphatic heterocycles. The Morgan fingerprint density at radius 2 is 1.86 bits per heavy atom. The van der Waals surface area contributed by atoms with E-state index in [4.69, 9.17) is 4.74 Å². The van der Waals surface area contributed by atoms with Gasteiger partial charge < -0.3 is 19.7 Å². The lowest BCUT2D eigenvalue weighted by Crippen LogP contribution is -2.34. The molecular weight excluding hydrogens is 360 g/mol. The molecule has 1 heterocycles. The smallest absolute Gasteiger partial charge is 0.267 e. The van der Waals surface area contributed by atoms with Gasteiger partial charge in [-0.25, -0.2) is 0 Å². The molecule has 1 amide bonds. The number of benzene rings is 2. The van der Waals surface area contributed by atoms with Gasteiger partial charge in [0.2, 0.25) is 0 Å². The molecule has 0 saturated carbocycles. The molecule has 0 atom stereocenters. The predicted octanol–water partition coefficient (Wildman–Crippen LogP) is 2.24. The maximum atomic E-state index is 12.7. The third-order valence-corrected chi connectivity index (χ3v) is 4.50. The van der Waals surface area contributed by atoms with E-state index in [2.05, 4.69) is 5.32 Å². The Kier molecular flexibility index (Phi) is 5.17. The van der Waals surface area contributed by atoms with Gasteiger partial charge in [0.25, 0.3) is 11.5 Å². The summed E-state index contributed by atoms with van der Waals surface area (Å²) in [6.07, 6.45) is 0. The maximum Gasteiger partial charge on any atom is 0.267 e. The number of carbonyl (C=O) groups is 2. The third-order valence-electron chi connectivity index (χ3n) is 4.50. The monoisotopic (exact) mass is 380 g/mol. The molecule has 3 aromatic rings. The van der Waals surface area contributed by atoms with Gasteiger partial charge in [-0.2, -0.15) is 0 Å². The second-order valence-electron chi connectivity index (χ2n) is 6.44. The Morgan fingerprint density at radius 1 is 1.14 bits per heavy atom. The highest BCUT2D eigenvalue weighted by Gasteiger charge is 2.21. The summed E-state index contributed by atoms with van der Waals surface area (Å²) in [5.41, 5.74) is 1.16. The molecule has 3 rings (SSSR count). The largest absolute Gasteiger partial charge is 0.506 e. The van der Waals surface area contributed by atoms with Crippen molar-refractivity contribution in [3.8, 4) is 22.6 Å². The van der Waals surface area contributed by atoms with Crippen LogP contribution < -0.4 is 15.6 Å². The fourth-order valence-electron chi connectivity index (χ4n) is 3.00. The zero-order valence-corrected chi connectivity index (χ0v) is 15.8. The molecule has 7 nitrogen and oxygen atoms in total. The average molecular weight is 380 g/mol. The molecule has 7 heteroatoms. The molecule has 0 saturated heterocycles. The maximum absolute atomic E-state index is 12.7. The minimum absolute atomic E-state index is 0.214. The van der Waals surface area contributed by atoms with E-state index >= 15 is 0 Å². The van der Waals surface area contributed by atoms with Crippen molar-refractivity contribution in [3.63, 3.8) is 0 Å². The van der Waals surface area contributed by atoms with Gasteiger partial charge >= 0.3 is 0 Å². The molecule has 0 fully saturated rings. The number of methoxy groups -OCH3 is 1. The standard InChI is InChI=1S/C21H20N2O5/c1-12(24)11-22-20(26)18-19(25)16-8-7-14(10-17(16)23(2)21(18)27)13-5-4-6-15(9-13)28-3/h4-10,25H,11H2,1-3H3,(H,22,26). The molecule has 1 aromatic heterocycles. The van der Waals surface area contributed by atoms with Gasteiger partial charge in [0.05, 0.1) is 19.2 Å². The first-order chi connectivity index (χ1) is 13.3. The molecule has 28 heavy (non-hydrogen) atoms. The Balaban J connectivity index is 2.14. The summed E-state index contributed by atoms with van der Waals surface area (Å²) in [5, 5.41) is 13.3. The number of nitrogens with zero attached hydrogens (tertiary/aromatic N) is 1. The Hall–Kier alpha value is -3.61. The van der Waals surface area contributed by atoms with E-state index in [9.17, 15) is 19.5 Å². The number of rotatable bonds is 5. The summed E-state index contributed by atoms with van der Waals surface area (Å²) in [7, 11) is 3.11. The molecule has 0 unspecified atom stereocenters. The lowest BCUT2D eigenvalue weighted by atomic mass is 10.0. The van der Waals surface area contributed by atoms with Crippen molar-refractivity contribution in [3.05, 3.63) is 58.4 Å². The van der Waals surface area contributed by atoms with Crippen LogP contribution >= 0.6 is 0 Å². The number of amides is 1. The third kappa shape index (κ3) is 3.46. The fourth-order valence-corrected chi connectivity index (χ4v) is 3.00. The van der Waals surface area contributed by atoms with Crippen LogP contribution in [-0.2, 0) is 11.8 Å². The summed E-state index contributed by atoms with van der Waals surface area (Å²) in [4.78, 5) is 36.0. The Bertz CT molecular complexity index is 1150. The van der Waals surface area contributed by atoms with Crippen molar-refractivity contribution >= 4 is 22.6 Å². The lowest BCUT2D eigenvalue weighted by molar-refractivity contribution is -0.116. The van der Waals surface area contributed by atoms with Crippen LogP contribution in [0.3, 0.4) is 0 Å². The number of ketones is 1. The van der Waals surface area contributed by atoms with Crippen molar-refractivity contribution in [1.29, 1.82) is 0 Å². The van der Waals surface area contributed by atoms with Gasteiger partial charge in [0.15, 0.2) is 0 Å². The molecule has 0 aliphatic rings. The van der Waals surface area contributed by atoms with Gasteiger partial charge in [-0.3, -0.25) is 14.4 Å². The topological polar surface area (TPSA) is 97.6 Å². The number of hydrogen-bond acceptors (Lipinski definition) is 5. The fraction of sp³-hybridized carbons (Fsp3) is 0.190. The summed E-state index contributed by atoms with van der Waals surface area (Å²) in [6.45, 7) is 1.10. The predicted molar refractivity (Wildman–Crippen MR) is 106 cm³/mol. The summed E-state index contributed by atoms with van der Waals surface area (Å²) in [5.74, 6) is -0.747. The minimum atomic E-state index is -0.785. The van der Waals surface area contributed by atoms with Crippen molar-refractivity contribution in [2.75, 3.05) is 13.7 Å². The average Bonchev–Trinajstić information content (AvgIpc) is 2.70. The van der Waals surface area contributed by atoms with Crippen LogP contribution in [0.1, 0.15) is 17.3 Å². The van der Waals surface area contributed by atoms with Crippen LogP contribution in [0.25, 0.3) is 22.0 Å². The number of aryl methyl sites for hydroxylation is 1. The number of carbonyl (C=O) groups excluding carboxylic acids is 2. The second-order valence-corrected chi connectivity index (χ2v) is 6.44. The number of aromatic nitrogens is 1. The number of hydrogen-bond donors (Lipinski definition) is 2. The van der Waals surface area contributed by atoms with Crippen LogP contribution in [0.4, 0.5) is 0 Å². The molecule has 0 bridgehead atoms.